The van der Waals surface area contributed by atoms with E-state index in [4.69, 9.17) is 0 Å². The van der Waals surface area contributed by atoms with E-state index in [-0.39, 0.29) is 5.91 Å². The molecule has 3 rings (SSSR count). The van der Waals surface area contributed by atoms with Crippen molar-refractivity contribution in [1.29, 1.82) is 0 Å². The number of rotatable bonds is 7. The van der Waals surface area contributed by atoms with Crippen LogP contribution in [0.4, 0.5) is 0 Å². The van der Waals surface area contributed by atoms with Gasteiger partial charge in [0.2, 0.25) is 5.91 Å². The Kier molecular flexibility index (Phi) is 5.99. The smallest absolute Gasteiger partial charge is 0.244 e. The second kappa shape index (κ2) is 8.81. The molecule has 0 atom stereocenters. The lowest BCUT2D eigenvalue weighted by atomic mass is 10.1. The number of aryl methyl sites for hydroxylation is 1. The third-order valence-electron chi connectivity index (χ3n) is 4.15. The standard InChI is InChI=1S/C22H23N3O/c1-18-7-9-19(10-8-18)11-12-22(26)24-14-13-21-23-15-16-25(21)17-20-5-3-2-4-6-20/h2-12,15-16H,13-14,17H2,1H3,(H,24,26)/b12-11+. The van der Waals surface area contributed by atoms with Crippen molar-refractivity contribution < 1.29 is 4.79 Å². The Morgan fingerprint density at radius 3 is 2.65 bits per heavy atom. The summed E-state index contributed by atoms with van der Waals surface area (Å²) in [4.78, 5) is 16.4. The molecule has 1 N–H and O–H groups in total. The van der Waals surface area contributed by atoms with Gasteiger partial charge in [-0.25, -0.2) is 4.98 Å². The Labute approximate surface area is 154 Å². The molecule has 0 spiro atoms. The number of nitrogens with one attached hydrogen (secondary N) is 1. The molecule has 3 aromatic rings. The molecule has 26 heavy (non-hydrogen) atoms. The van der Waals surface area contributed by atoms with E-state index in [9.17, 15) is 4.79 Å². The monoisotopic (exact) mass is 345 g/mol. The Hall–Kier alpha value is -3.14. The molecule has 0 unspecified atom stereocenters. The molecular formula is C22H23N3O. The summed E-state index contributed by atoms with van der Waals surface area (Å²) in [6.45, 7) is 3.39. The van der Waals surface area contributed by atoms with Gasteiger partial charge in [0, 0.05) is 38.0 Å². The lowest BCUT2D eigenvalue weighted by Crippen LogP contribution is -2.24. The second-order valence-electron chi connectivity index (χ2n) is 6.24. The Bertz CT molecular complexity index is 864. The summed E-state index contributed by atoms with van der Waals surface area (Å²) in [5.41, 5.74) is 3.46. The predicted octanol–water partition coefficient (Wildman–Crippen LogP) is 3.61. The summed E-state index contributed by atoms with van der Waals surface area (Å²) in [7, 11) is 0. The lowest BCUT2D eigenvalue weighted by molar-refractivity contribution is -0.116. The molecule has 0 fully saturated rings. The zero-order chi connectivity index (χ0) is 18.2. The second-order valence-corrected chi connectivity index (χ2v) is 6.24. The summed E-state index contributed by atoms with van der Waals surface area (Å²) in [5.74, 6) is 0.878. The van der Waals surface area contributed by atoms with E-state index in [0.29, 0.717) is 13.0 Å². The van der Waals surface area contributed by atoms with E-state index in [0.717, 1.165) is 17.9 Å². The van der Waals surface area contributed by atoms with Crippen LogP contribution in [-0.2, 0) is 17.8 Å². The van der Waals surface area contributed by atoms with Gasteiger partial charge in [-0.3, -0.25) is 4.79 Å². The van der Waals surface area contributed by atoms with Crippen LogP contribution in [0.25, 0.3) is 6.08 Å². The highest BCUT2D eigenvalue weighted by Crippen LogP contribution is 2.06. The first-order valence-corrected chi connectivity index (χ1v) is 8.77. The molecule has 1 amide bonds. The normalized spacial score (nSPS) is 11.0. The number of imidazole rings is 1. The molecule has 4 heteroatoms. The van der Waals surface area contributed by atoms with Gasteiger partial charge < -0.3 is 9.88 Å². The van der Waals surface area contributed by atoms with Gasteiger partial charge in [0.1, 0.15) is 5.82 Å². The maximum atomic E-state index is 12.0. The van der Waals surface area contributed by atoms with Crippen molar-refractivity contribution in [3.05, 3.63) is 95.6 Å². The lowest BCUT2D eigenvalue weighted by Gasteiger charge is -2.08. The highest BCUT2D eigenvalue weighted by molar-refractivity contribution is 5.91. The number of carbonyl (C=O) groups is 1. The molecule has 0 aliphatic carbocycles. The summed E-state index contributed by atoms with van der Waals surface area (Å²) < 4.78 is 2.11. The van der Waals surface area contributed by atoms with Gasteiger partial charge in [-0.1, -0.05) is 60.2 Å². The molecule has 1 aromatic heterocycles. The van der Waals surface area contributed by atoms with Crippen LogP contribution in [0.15, 0.2) is 73.1 Å². The maximum absolute atomic E-state index is 12.0. The highest BCUT2D eigenvalue weighted by Gasteiger charge is 2.04. The van der Waals surface area contributed by atoms with Crippen LogP contribution in [0.2, 0.25) is 0 Å². The van der Waals surface area contributed by atoms with Crippen LogP contribution >= 0.6 is 0 Å². The van der Waals surface area contributed by atoms with Gasteiger partial charge in [0.25, 0.3) is 0 Å². The molecule has 0 aliphatic rings. The highest BCUT2D eigenvalue weighted by atomic mass is 16.1. The minimum absolute atomic E-state index is 0.0910. The number of hydrogen-bond acceptors (Lipinski definition) is 2. The molecule has 0 bridgehead atoms. The minimum atomic E-state index is -0.0910. The van der Waals surface area contributed by atoms with Crippen LogP contribution in [0.5, 0.6) is 0 Å². The summed E-state index contributed by atoms with van der Waals surface area (Å²) >= 11 is 0. The number of carbonyl (C=O) groups excluding carboxylic acids is 1. The van der Waals surface area contributed by atoms with Crippen LogP contribution in [0.3, 0.4) is 0 Å². The molecule has 2 aromatic carbocycles. The average Bonchev–Trinajstić information content (AvgIpc) is 3.09. The summed E-state index contributed by atoms with van der Waals surface area (Å²) in [6, 6.07) is 18.3. The molecular weight excluding hydrogens is 322 g/mol. The van der Waals surface area contributed by atoms with Crippen molar-refractivity contribution in [2.45, 2.75) is 19.9 Å². The first-order chi connectivity index (χ1) is 12.7. The third kappa shape index (κ3) is 5.18. The number of aromatic nitrogens is 2. The van der Waals surface area contributed by atoms with Crippen LogP contribution in [-0.4, -0.2) is 22.0 Å². The molecule has 0 saturated carbocycles. The van der Waals surface area contributed by atoms with Gasteiger partial charge in [0.15, 0.2) is 0 Å². The fraction of sp³-hybridized carbons (Fsp3) is 0.182. The van der Waals surface area contributed by atoms with Crippen LogP contribution in [0.1, 0.15) is 22.5 Å². The van der Waals surface area contributed by atoms with Gasteiger partial charge in [0.05, 0.1) is 0 Å². The molecule has 4 nitrogen and oxygen atoms in total. The molecule has 0 saturated heterocycles. The number of benzene rings is 2. The maximum Gasteiger partial charge on any atom is 0.244 e. The fourth-order valence-electron chi connectivity index (χ4n) is 2.70. The van der Waals surface area contributed by atoms with Crippen molar-refractivity contribution in [2.75, 3.05) is 6.54 Å². The quantitative estimate of drug-likeness (QED) is 0.665. The van der Waals surface area contributed by atoms with E-state index in [1.54, 1.807) is 12.3 Å². The van der Waals surface area contributed by atoms with E-state index < -0.39 is 0 Å². The Morgan fingerprint density at radius 2 is 1.88 bits per heavy atom. The van der Waals surface area contributed by atoms with Crippen molar-refractivity contribution in [3.8, 4) is 0 Å². The fourth-order valence-corrected chi connectivity index (χ4v) is 2.70. The third-order valence-corrected chi connectivity index (χ3v) is 4.15. The Balaban J connectivity index is 1.48. The van der Waals surface area contributed by atoms with E-state index in [2.05, 4.69) is 27.0 Å². The predicted molar refractivity (Wildman–Crippen MR) is 105 cm³/mol. The zero-order valence-corrected chi connectivity index (χ0v) is 14.9. The van der Waals surface area contributed by atoms with Gasteiger partial charge in [-0.2, -0.15) is 0 Å². The number of hydrogen-bond donors (Lipinski definition) is 1. The van der Waals surface area contributed by atoms with Crippen molar-refractivity contribution in [1.82, 2.24) is 14.9 Å². The topological polar surface area (TPSA) is 46.9 Å². The van der Waals surface area contributed by atoms with E-state index >= 15 is 0 Å². The Morgan fingerprint density at radius 1 is 1.12 bits per heavy atom. The van der Waals surface area contributed by atoms with Crippen molar-refractivity contribution >= 4 is 12.0 Å². The molecule has 1 heterocycles. The first-order valence-electron chi connectivity index (χ1n) is 8.77. The van der Waals surface area contributed by atoms with Gasteiger partial charge in [-0.05, 0) is 24.1 Å². The molecule has 0 radical (unpaired) electrons. The first kappa shape index (κ1) is 17.7. The molecule has 132 valence electrons. The SMILES string of the molecule is Cc1ccc(/C=C/C(=O)NCCc2nccn2Cc2ccccc2)cc1. The largest absolute Gasteiger partial charge is 0.352 e. The summed E-state index contributed by atoms with van der Waals surface area (Å²) in [5, 5.41) is 2.91. The average molecular weight is 345 g/mol. The van der Waals surface area contributed by atoms with E-state index in [1.165, 1.54) is 11.1 Å². The van der Waals surface area contributed by atoms with Gasteiger partial charge >= 0.3 is 0 Å². The van der Waals surface area contributed by atoms with Crippen LogP contribution < -0.4 is 5.32 Å². The molecule has 0 aliphatic heterocycles. The van der Waals surface area contributed by atoms with E-state index in [1.807, 2.05) is 61.7 Å². The van der Waals surface area contributed by atoms with Crippen molar-refractivity contribution in [2.24, 2.45) is 0 Å². The van der Waals surface area contributed by atoms with Crippen molar-refractivity contribution in [3.63, 3.8) is 0 Å². The summed E-state index contributed by atoms with van der Waals surface area (Å²) in [6.07, 6.45) is 7.87. The number of amides is 1. The van der Waals surface area contributed by atoms with Crippen LogP contribution in [0, 0.1) is 6.92 Å². The van der Waals surface area contributed by atoms with Gasteiger partial charge in [-0.15, -0.1) is 0 Å². The minimum Gasteiger partial charge on any atom is -0.352 e. The zero-order valence-electron chi connectivity index (χ0n) is 14.9. The number of nitrogens with zero attached hydrogens (tertiary/aromatic N) is 2.